The van der Waals surface area contributed by atoms with E-state index in [0.717, 1.165) is 44.6 Å². The molecule has 1 amide bonds. The number of anilines is 1. The van der Waals surface area contributed by atoms with Crippen LogP contribution in [0.15, 0.2) is 57.7 Å². The zero-order valence-corrected chi connectivity index (χ0v) is 20.7. The molecule has 0 aliphatic carbocycles. The lowest BCUT2D eigenvalue weighted by Crippen LogP contribution is -2.14. The van der Waals surface area contributed by atoms with Crippen molar-refractivity contribution in [2.24, 2.45) is 0 Å². The minimum absolute atomic E-state index is 0.152. The van der Waals surface area contributed by atoms with Crippen LogP contribution in [0.1, 0.15) is 91.7 Å². The Hall–Kier alpha value is -3.41. The van der Waals surface area contributed by atoms with Gasteiger partial charge >= 0.3 is 5.97 Å². The molecule has 0 spiro atoms. The highest BCUT2D eigenvalue weighted by atomic mass is 16.5. The summed E-state index contributed by atoms with van der Waals surface area (Å²) in [5.74, 6) is -1.18. The molecule has 0 aliphatic rings. The van der Waals surface area contributed by atoms with Crippen LogP contribution in [0.3, 0.4) is 0 Å². The van der Waals surface area contributed by atoms with Crippen LogP contribution in [-0.4, -0.2) is 18.5 Å². The van der Waals surface area contributed by atoms with E-state index in [9.17, 15) is 14.4 Å². The Morgan fingerprint density at radius 2 is 1.60 bits per heavy atom. The number of para-hydroxylation sites is 1. The van der Waals surface area contributed by atoms with Crippen LogP contribution in [0.2, 0.25) is 0 Å². The second-order valence-electron chi connectivity index (χ2n) is 8.82. The summed E-state index contributed by atoms with van der Waals surface area (Å²) in [5.41, 5.74) is 1.81. The maximum absolute atomic E-state index is 12.9. The third-order valence-corrected chi connectivity index (χ3v) is 5.97. The van der Waals surface area contributed by atoms with E-state index in [1.54, 1.807) is 30.3 Å². The quantitative estimate of drug-likeness (QED) is 0.214. The molecule has 1 aromatic heterocycles. The molecule has 1 heterocycles. The molecular weight excluding hydrogens is 442 g/mol. The van der Waals surface area contributed by atoms with Crippen LogP contribution >= 0.6 is 0 Å². The molecule has 2 aromatic carbocycles. The van der Waals surface area contributed by atoms with E-state index in [4.69, 9.17) is 9.15 Å². The molecule has 1 N–H and O–H groups in total. The standard InChI is InChI=1S/C29H35NO5/c1-3-5-7-9-12-21-15-17-22(18-16-21)28(32)30-24-14-11-13-23-25(31)20-26(35-27(23)24)29(33)34-19-10-8-6-4-2/h11,13-18,20H,3-10,12,19H2,1-2H3,(H,30,32). The highest BCUT2D eigenvalue weighted by Gasteiger charge is 2.17. The SMILES string of the molecule is CCCCCCOC(=O)c1cc(=O)c2cccc(NC(=O)c3ccc(CCCCCC)cc3)c2o1. The third kappa shape index (κ3) is 7.54. The molecule has 0 unspecified atom stereocenters. The molecule has 3 rings (SSSR count). The van der Waals surface area contributed by atoms with Crippen molar-refractivity contribution >= 4 is 28.5 Å². The lowest BCUT2D eigenvalue weighted by molar-refractivity contribution is 0.0462. The minimum Gasteiger partial charge on any atom is -0.460 e. The molecule has 0 radical (unpaired) electrons. The third-order valence-electron chi connectivity index (χ3n) is 5.97. The van der Waals surface area contributed by atoms with Gasteiger partial charge in [0, 0.05) is 11.6 Å². The van der Waals surface area contributed by atoms with Crippen LogP contribution < -0.4 is 10.7 Å². The van der Waals surface area contributed by atoms with Crippen molar-refractivity contribution in [3.05, 3.63) is 75.6 Å². The number of nitrogens with one attached hydrogen (secondary N) is 1. The fraction of sp³-hybridized carbons (Fsp3) is 0.414. The molecule has 6 heteroatoms. The van der Waals surface area contributed by atoms with E-state index >= 15 is 0 Å². The maximum atomic E-state index is 12.9. The Kier molecular flexibility index (Phi) is 10.1. The molecule has 0 bridgehead atoms. The highest BCUT2D eigenvalue weighted by Crippen LogP contribution is 2.23. The molecule has 0 saturated carbocycles. The Balaban J connectivity index is 1.72. The summed E-state index contributed by atoms with van der Waals surface area (Å²) < 4.78 is 11.0. The number of esters is 1. The van der Waals surface area contributed by atoms with Crippen LogP contribution in [0.25, 0.3) is 11.0 Å². The summed E-state index contributed by atoms with van der Waals surface area (Å²) in [7, 11) is 0. The van der Waals surface area contributed by atoms with Gasteiger partial charge in [-0.2, -0.15) is 0 Å². The molecule has 35 heavy (non-hydrogen) atoms. The topological polar surface area (TPSA) is 85.6 Å². The first-order valence-corrected chi connectivity index (χ1v) is 12.7. The minimum atomic E-state index is -0.684. The molecule has 186 valence electrons. The number of aryl methyl sites for hydroxylation is 1. The van der Waals surface area contributed by atoms with Crippen molar-refractivity contribution in [2.75, 3.05) is 11.9 Å². The number of carbonyl (C=O) groups excluding carboxylic acids is 2. The fourth-order valence-corrected chi connectivity index (χ4v) is 3.91. The molecule has 0 fully saturated rings. The zero-order chi connectivity index (χ0) is 25.0. The number of unbranched alkanes of at least 4 members (excludes halogenated alkanes) is 6. The Morgan fingerprint density at radius 1 is 0.886 bits per heavy atom. The Labute approximate surface area is 206 Å². The Bertz CT molecular complexity index is 1180. The van der Waals surface area contributed by atoms with E-state index in [2.05, 4.69) is 19.2 Å². The number of carbonyl (C=O) groups is 2. The van der Waals surface area contributed by atoms with Gasteiger partial charge in [0.05, 0.1) is 17.7 Å². The lowest BCUT2D eigenvalue weighted by Gasteiger charge is -2.10. The van der Waals surface area contributed by atoms with Crippen molar-refractivity contribution in [3.63, 3.8) is 0 Å². The summed E-state index contributed by atoms with van der Waals surface area (Å²) in [6, 6.07) is 13.6. The lowest BCUT2D eigenvalue weighted by atomic mass is 10.0. The van der Waals surface area contributed by atoms with Crippen molar-refractivity contribution in [1.82, 2.24) is 0 Å². The average molecular weight is 478 g/mol. The molecule has 0 saturated heterocycles. The van der Waals surface area contributed by atoms with Gasteiger partial charge in [0.1, 0.15) is 0 Å². The largest absolute Gasteiger partial charge is 0.460 e. The first-order chi connectivity index (χ1) is 17.0. The number of rotatable bonds is 13. The smallest absolute Gasteiger partial charge is 0.374 e. The zero-order valence-electron chi connectivity index (χ0n) is 20.7. The van der Waals surface area contributed by atoms with Gasteiger partial charge in [0.25, 0.3) is 5.91 Å². The van der Waals surface area contributed by atoms with Gasteiger partial charge in [-0.15, -0.1) is 0 Å². The van der Waals surface area contributed by atoms with E-state index in [1.807, 2.05) is 12.1 Å². The molecule has 0 atom stereocenters. The summed E-state index contributed by atoms with van der Waals surface area (Å²) >= 11 is 0. The predicted molar refractivity (Wildman–Crippen MR) is 139 cm³/mol. The fourth-order valence-electron chi connectivity index (χ4n) is 3.91. The summed E-state index contributed by atoms with van der Waals surface area (Å²) in [4.78, 5) is 37.9. The number of hydrogen-bond donors (Lipinski definition) is 1. The highest BCUT2D eigenvalue weighted by molar-refractivity contribution is 6.08. The van der Waals surface area contributed by atoms with Crippen LogP contribution in [-0.2, 0) is 11.2 Å². The summed E-state index contributed by atoms with van der Waals surface area (Å²) in [5, 5.41) is 3.10. The van der Waals surface area contributed by atoms with Crippen LogP contribution in [0.4, 0.5) is 5.69 Å². The maximum Gasteiger partial charge on any atom is 0.374 e. The normalized spacial score (nSPS) is 10.9. The molecular formula is C29H35NO5. The molecule has 3 aromatic rings. The summed E-state index contributed by atoms with van der Waals surface area (Å²) in [6.45, 7) is 4.57. The van der Waals surface area contributed by atoms with Gasteiger partial charge in [-0.05, 0) is 49.1 Å². The van der Waals surface area contributed by atoms with Gasteiger partial charge in [0.2, 0.25) is 5.76 Å². The number of hydrogen-bond acceptors (Lipinski definition) is 5. The monoisotopic (exact) mass is 477 g/mol. The van der Waals surface area contributed by atoms with E-state index in [0.29, 0.717) is 11.3 Å². The first kappa shape index (κ1) is 26.2. The summed E-state index contributed by atoms with van der Waals surface area (Å²) in [6.07, 6.45) is 9.68. The van der Waals surface area contributed by atoms with Crippen molar-refractivity contribution in [3.8, 4) is 0 Å². The predicted octanol–water partition coefficient (Wildman–Crippen LogP) is 6.91. The van der Waals surface area contributed by atoms with E-state index in [1.165, 1.54) is 24.8 Å². The van der Waals surface area contributed by atoms with Gasteiger partial charge in [-0.25, -0.2) is 4.79 Å². The number of ether oxygens (including phenoxy) is 1. The molecule has 0 aliphatic heterocycles. The first-order valence-electron chi connectivity index (χ1n) is 12.7. The van der Waals surface area contributed by atoms with Crippen LogP contribution in [0.5, 0.6) is 0 Å². The van der Waals surface area contributed by atoms with Crippen molar-refractivity contribution in [2.45, 2.75) is 71.6 Å². The Morgan fingerprint density at radius 3 is 2.31 bits per heavy atom. The molecule has 6 nitrogen and oxygen atoms in total. The van der Waals surface area contributed by atoms with E-state index < -0.39 is 5.97 Å². The number of fused-ring (bicyclic) bond motifs is 1. The number of benzene rings is 2. The van der Waals surface area contributed by atoms with Gasteiger partial charge in [-0.1, -0.05) is 70.6 Å². The van der Waals surface area contributed by atoms with Crippen molar-refractivity contribution < 1.29 is 18.7 Å². The average Bonchev–Trinajstić information content (AvgIpc) is 2.87. The van der Waals surface area contributed by atoms with E-state index in [-0.39, 0.29) is 34.7 Å². The van der Waals surface area contributed by atoms with Gasteiger partial charge in [0.15, 0.2) is 11.0 Å². The van der Waals surface area contributed by atoms with Gasteiger partial charge < -0.3 is 14.5 Å². The van der Waals surface area contributed by atoms with Crippen molar-refractivity contribution in [1.29, 1.82) is 0 Å². The van der Waals surface area contributed by atoms with Gasteiger partial charge in [-0.3, -0.25) is 9.59 Å². The number of amides is 1. The second-order valence-corrected chi connectivity index (χ2v) is 8.82. The second kappa shape index (κ2) is 13.5. The van der Waals surface area contributed by atoms with Crippen LogP contribution in [0, 0.1) is 0 Å².